The summed E-state index contributed by atoms with van der Waals surface area (Å²) in [6, 6.07) is 11.0. The number of pyridine rings is 2. The Balaban J connectivity index is 0.749. The second kappa shape index (κ2) is 17.8. The van der Waals surface area contributed by atoms with Gasteiger partial charge in [-0.15, -0.1) is 0 Å². The molecule has 2 aromatic carbocycles. The number of aliphatic hydroxyl groups is 1. The molecule has 0 radical (unpaired) electrons. The second-order valence-corrected chi connectivity index (χ2v) is 20.0. The van der Waals surface area contributed by atoms with Crippen LogP contribution in [0, 0.1) is 5.41 Å². The van der Waals surface area contributed by atoms with Gasteiger partial charge in [0.25, 0.3) is 11.5 Å². The molecule has 6 heterocycles. The maximum absolute atomic E-state index is 14.2. The number of ketones is 1. The van der Waals surface area contributed by atoms with Gasteiger partial charge in [-0.2, -0.15) is 18.3 Å². The van der Waals surface area contributed by atoms with Crippen LogP contribution < -0.4 is 21.3 Å². The highest BCUT2D eigenvalue weighted by Gasteiger charge is 2.47. The van der Waals surface area contributed by atoms with E-state index in [0.717, 1.165) is 21.2 Å². The van der Waals surface area contributed by atoms with E-state index in [1.807, 2.05) is 20.8 Å². The van der Waals surface area contributed by atoms with Gasteiger partial charge < -0.3 is 44.7 Å². The Labute approximate surface area is 410 Å². The van der Waals surface area contributed by atoms with Crippen molar-refractivity contribution in [3.05, 3.63) is 97.6 Å². The molecule has 2 fully saturated rings. The third kappa shape index (κ3) is 8.39. The van der Waals surface area contributed by atoms with Crippen LogP contribution in [0.25, 0.3) is 28.0 Å². The molecule has 0 unspecified atom stereocenters. The number of cyclic esters (lactones) is 1. The fourth-order valence-corrected chi connectivity index (χ4v) is 11.0. The zero-order valence-corrected chi connectivity index (χ0v) is 40.1. The number of amides is 3. The number of halogens is 3. The van der Waals surface area contributed by atoms with Crippen LogP contribution >= 0.6 is 0 Å². The van der Waals surface area contributed by atoms with Gasteiger partial charge in [-0.25, -0.2) is 24.0 Å². The topological polar surface area (TPSA) is 231 Å². The van der Waals surface area contributed by atoms with Crippen molar-refractivity contribution in [2.45, 2.75) is 116 Å². The highest BCUT2D eigenvalue weighted by atomic mass is 19.4. The van der Waals surface area contributed by atoms with Gasteiger partial charge in [0.2, 0.25) is 0 Å². The Bertz CT molecular complexity index is 3190. The van der Waals surface area contributed by atoms with Gasteiger partial charge in [-0.05, 0) is 98.4 Å². The van der Waals surface area contributed by atoms with Crippen molar-refractivity contribution in [2.75, 3.05) is 31.5 Å². The lowest BCUT2D eigenvalue weighted by molar-refractivity contribution is -0.172. The summed E-state index contributed by atoms with van der Waals surface area (Å²) < 4.78 is 62.1. The highest BCUT2D eigenvalue weighted by Crippen LogP contribution is 2.44. The van der Waals surface area contributed by atoms with E-state index in [1.54, 1.807) is 35.8 Å². The number of piperazine rings is 1. The number of nitrogens with one attached hydrogen (secondary N) is 1. The number of hydrogen-bond acceptors (Lipinski definition) is 13. The van der Waals surface area contributed by atoms with Crippen molar-refractivity contribution in [1.29, 1.82) is 0 Å². The average molecular weight is 995 g/mol. The number of ether oxygens (including phenoxy) is 3. The van der Waals surface area contributed by atoms with Gasteiger partial charge in [0.15, 0.2) is 17.1 Å². The zero-order valence-electron chi connectivity index (χ0n) is 40.1. The first-order chi connectivity index (χ1) is 34.2. The van der Waals surface area contributed by atoms with Gasteiger partial charge in [0.05, 0.1) is 51.5 Å². The lowest BCUT2D eigenvalue weighted by atomic mass is 9.75. The van der Waals surface area contributed by atoms with Crippen molar-refractivity contribution in [3.63, 3.8) is 0 Å². The number of esters is 1. The maximum atomic E-state index is 14.2. The summed E-state index contributed by atoms with van der Waals surface area (Å²) in [6.07, 6.45) is -3.60. The van der Waals surface area contributed by atoms with Crippen LogP contribution in [0.4, 0.5) is 28.4 Å². The third-order valence-electron chi connectivity index (χ3n) is 14.8. The van der Waals surface area contributed by atoms with Crippen LogP contribution in [-0.4, -0.2) is 102 Å². The van der Waals surface area contributed by atoms with E-state index in [9.17, 15) is 47.0 Å². The largest absolute Gasteiger partial charge is 0.458 e. The molecule has 5 aliphatic rings. The smallest absolute Gasteiger partial charge is 0.435 e. The van der Waals surface area contributed by atoms with Crippen LogP contribution in [0.3, 0.4) is 0 Å². The average Bonchev–Trinajstić information content (AvgIpc) is 3.91. The highest BCUT2D eigenvalue weighted by molar-refractivity contribution is 6.01. The second-order valence-electron chi connectivity index (χ2n) is 20.0. The van der Waals surface area contributed by atoms with Crippen molar-refractivity contribution in [3.8, 4) is 22.8 Å². The minimum atomic E-state index is -4.86. The minimum Gasteiger partial charge on any atom is -0.458 e. The molecule has 1 saturated carbocycles. The van der Waals surface area contributed by atoms with Crippen LogP contribution in [-0.2, 0) is 52.0 Å². The number of benzene rings is 2. The summed E-state index contributed by atoms with van der Waals surface area (Å²) in [5.74, 6) is -1.87. The predicted octanol–water partition coefficient (Wildman–Crippen LogP) is 6.78. The number of carbonyl (C=O) groups excluding carboxylic acids is 5. The number of aryl methyl sites for hydroxylation is 1. The summed E-state index contributed by atoms with van der Waals surface area (Å²) in [5, 5.41) is 19.2. The van der Waals surface area contributed by atoms with E-state index in [2.05, 4.69) is 10.4 Å². The molecule has 0 spiro atoms. The molecule has 21 heteroatoms. The molecule has 18 nitrogen and oxygen atoms in total. The van der Waals surface area contributed by atoms with Crippen molar-refractivity contribution >= 4 is 46.4 Å². The first kappa shape index (κ1) is 48.3. The molecule has 1 atom stereocenters. The summed E-state index contributed by atoms with van der Waals surface area (Å²) >= 11 is 0. The first-order valence-corrected chi connectivity index (χ1v) is 24.2. The zero-order chi connectivity index (χ0) is 51.2. The molecule has 0 bridgehead atoms. The number of fused-ring (bicyclic) bond motifs is 6. The number of nitrogens with two attached hydrogens (primary N) is 1. The van der Waals surface area contributed by atoms with E-state index >= 15 is 0 Å². The van der Waals surface area contributed by atoms with E-state index in [-0.39, 0.29) is 98.3 Å². The monoisotopic (exact) mass is 994 g/mol. The van der Waals surface area contributed by atoms with Gasteiger partial charge in [0.1, 0.15) is 18.5 Å². The number of nitrogens with zero attached hydrogens (tertiary/aromatic N) is 6. The lowest BCUT2D eigenvalue weighted by Gasteiger charge is -2.35. The molecule has 3 aliphatic heterocycles. The van der Waals surface area contributed by atoms with E-state index < -0.39 is 64.4 Å². The van der Waals surface area contributed by atoms with Gasteiger partial charge >= 0.3 is 24.3 Å². The number of hydrogen-bond donors (Lipinski definition) is 3. The van der Waals surface area contributed by atoms with Gasteiger partial charge in [0, 0.05) is 60.8 Å². The van der Waals surface area contributed by atoms with E-state index in [0.29, 0.717) is 60.4 Å². The van der Waals surface area contributed by atoms with Crippen LogP contribution in [0.15, 0.2) is 47.3 Å². The molecule has 5 aromatic rings. The fraction of sp³-hybridized carbons (Fsp3) is 0.451. The molecule has 3 aromatic heterocycles. The van der Waals surface area contributed by atoms with Crippen molar-refractivity contribution in [2.24, 2.45) is 11.1 Å². The first-order valence-electron chi connectivity index (χ1n) is 24.2. The number of Topliss-reactive ketones (excluding diaryl/α,β-unsaturated/α-hetero) is 1. The standard InChI is InChI=1S/C51H53F3N8O10/c1-5-30-32-20-29(12-14-36(32)57-42-33(30)24-61-38(42)21-35-34(45(61)65)25-70-46(66)50(35,69)6-2)72-48(68)60-17-15-59(16-18-60)47(67)71-28-10-7-26(8-11-28)56-37-19-27(9-13-31(37)44(55)64)62-39-22-49(3,4)23-40(63)41(39)43(58-62)51(52,53)54/h9,12-14,19-21,26,28,56,69H,5-8,10-11,15-18,22-25H2,1-4H3,(H2,55,64)/t26?,28?,50-/m0/s1. The molecular formula is C51H53F3N8O10. The number of carbonyl (C=O) groups is 5. The van der Waals surface area contributed by atoms with Crippen LogP contribution in [0.5, 0.6) is 5.75 Å². The molecule has 3 amide bonds. The molecule has 72 heavy (non-hydrogen) atoms. The number of aromatic nitrogens is 4. The van der Waals surface area contributed by atoms with Gasteiger partial charge in [-0.3, -0.25) is 14.4 Å². The molecule has 1 saturated heterocycles. The van der Waals surface area contributed by atoms with Gasteiger partial charge in [-0.1, -0.05) is 27.7 Å². The third-order valence-corrected chi connectivity index (χ3v) is 14.8. The summed E-state index contributed by atoms with van der Waals surface area (Å²) in [6.45, 7) is 8.06. The fourth-order valence-electron chi connectivity index (χ4n) is 11.0. The quantitative estimate of drug-likeness (QED) is 0.134. The Morgan fingerprint density at radius 3 is 2.31 bits per heavy atom. The molecular weight excluding hydrogens is 942 g/mol. The Kier molecular flexibility index (Phi) is 11.9. The SMILES string of the molecule is CCc1c2c(nc3ccc(OC(=O)N4CCN(C(=O)OC5CCC(Nc6cc(-n7nc(C(F)(F)F)c8c7CC(C)(C)CC8=O)ccc6C(N)=O)CC5)CC4)cc13)-c1cc3c(c(=O)n1C2)COC(=O)[C@]3(O)CC. The predicted molar refractivity (Wildman–Crippen MR) is 253 cm³/mol. The van der Waals surface area contributed by atoms with Crippen LogP contribution in [0.2, 0.25) is 0 Å². The number of rotatable bonds is 8. The Morgan fingerprint density at radius 2 is 1.64 bits per heavy atom. The summed E-state index contributed by atoms with van der Waals surface area (Å²) in [5.41, 5.74) is 5.84. The molecule has 10 rings (SSSR count). The summed E-state index contributed by atoms with van der Waals surface area (Å²) in [4.78, 5) is 86.7. The molecule has 4 N–H and O–H groups in total. The maximum Gasteiger partial charge on any atom is 0.435 e. The van der Waals surface area contributed by atoms with Crippen molar-refractivity contribution in [1.82, 2.24) is 29.1 Å². The Hall–Kier alpha value is -7.29. The number of alkyl halides is 3. The molecule has 378 valence electrons. The normalized spacial score (nSPS) is 21.3. The van der Waals surface area contributed by atoms with E-state index in [4.69, 9.17) is 24.9 Å². The molecule has 2 aliphatic carbocycles. The number of anilines is 1. The van der Waals surface area contributed by atoms with E-state index in [1.165, 1.54) is 28.0 Å². The Morgan fingerprint density at radius 1 is 0.931 bits per heavy atom. The minimum absolute atomic E-state index is 0.0308. The lowest BCUT2D eigenvalue weighted by Crippen LogP contribution is -2.52. The van der Waals surface area contributed by atoms with Crippen molar-refractivity contribution < 1.29 is 56.5 Å². The van der Waals surface area contributed by atoms with Crippen LogP contribution in [0.1, 0.15) is 121 Å². The number of primary amides is 1. The summed E-state index contributed by atoms with van der Waals surface area (Å²) in [7, 11) is 0.